The first-order chi connectivity index (χ1) is 8.65. The van der Waals surface area contributed by atoms with Gasteiger partial charge >= 0.3 is 5.97 Å². The highest BCUT2D eigenvalue weighted by Gasteiger charge is 2.30. The van der Waals surface area contributed by atoms with Crippen LogP contribution in [-0.4, -0.2) is 62.5 Å². The SMILES string of the molecule is C=C(C)C(=O)OCCCN(CC1CO1)CC1CO1. The van der Waals surface area contributed by atoms with E-state index in [9.17, 15) is 4.79 Å². The minimum atomic E-state index is -0.308. The third-order valence-electron chi connectivity index (χ3n) is 2.93. The predicted octanol–water partition coefficient (Wildman–Crippen LogP) is 0.595. The lowest BCUT2D eigenvalue weighted by Crippen LogP contribution is -2.33. The largest absolute Gasteiger partial charge is 0.462 e. The summed E-state index contributed by atoms with van der Waals surface area (Å²) in [5, 5.41) is 0. The highest BCUT2D eigenvalue weighted by atomic mass is 16.6. The molecule has 18 heavy (non-hydrogen) atoms. The van der Waals surface area contributed by atoms with Crippen LogP contribution in [0.1, 0.15) is 13.3 Å². The minimum absolute atomic E-state index is 0.308. The second-order valence-electron chi connectivity index (χ2n) is 4.94. The van der Waals surface area contributed by atoms with E-state index in [2.05, 4.69) is 11.5 Å². The van der Waals surface area contributed by atoms with E-state index in [4.69, 9.17) is 14.2 Å². The lowest BCUT2D eigenvalue weighted by atomic mass is 10.3. The van der Waals surface area contributed by atoms with E-state index in [1.165, 1.54) is 0 Å². The normalized spacial score (nSPS) is 25.0. The van der Waals surface area contributed by atoms with Crippen molar-refractivity contribution < 1.29 is 19.0 Å². The third-order valence-corrected chi connectivity index (χ3v) is 2.93. The number of esters is 1. The fraction of sp³-hybridized carbons (Fsp3) is 0.769. The summed E-state index contributed by atoms with van der Waals surface area (Å²) in [5.74, 6) is -0.308. The van der Waals surface area contributed by atoms with E-state index in [1.54, 1.807) is 6.92 Å². The average Bonchev–Trinajstić information content (AvgIpc) is 3.19. The molecule has 0 bridgehead atoms. The number of nitrogens with zero attached hydrogens (tertiary/aromatic N) is 1. The maximum atomic E-state index is 11.2. The molecular formula is C13H21NO4. The van der Waals surface area contributed by atoms with E-state index >= 15 is 0 Å². The molecule has 2 unspecified atom stereocenters. The maximum absolute atomic E-state index is 11.2. The first kappa shape index (κ1) is 13.5. The lowest BCUT2D eigenvalue weighted by Gasteiger charge is -2.20. The minimum Gasteiger partial charge on any atom is -0.462 e. The van der Waals surface area contributed by atoms with Gasteiger partial charge in [-0.05, 0) is 13.3 Å². The van der Waals surface area contributed by atoms with E-state index in [1.807, 2.05) is 0 Å². The third kappa shape index (κ3) is 5.16. The van der Waals surface area contributed by atoms with Crippen molar-refractivity contribution in [3.63, 3.8) is 0 Å². The smallest absolute Gasteiger partial charge is 0.333 e. The van der Waals surface area contributed by atoms with Gasteiger partial charge in [-0.1, -0.05) is 6.58 Å². The van der Waals surface area contributed by atoms with Crippen LogP contribution >= 0.6 is 0 Å². The Balaban J connectivity index is 1.58. The molecule has 5 heteroatoms. The van der Waals surface area contributed by atoms with Gasteiger partial charge in [0.05, 0.1) is 32.0 Å². The molecule has 2 aliphatic rings. The summed E-state index contributed by atoms with van der Waals surface area (Å²) >= 11 is 0. The number of epoxide rings is 2. The van der Waals surface area contributed by atoms with Crippen LogP contribution in [0.15, 0.2) is 12.2 Å². The van der Waals surface area contributed by atoms with Gasteiger partial charge in [0.15, 0.2) is 0 Å². The molecule has 0 spiro atoms. The first-order valence-corrected chi connectivity index (χ1v) is 6.43. The van der Waals surface area contributed by atoms with E-state index in [-0.39, 0.29) is 5.97 Å². The summed E-state index contributed by atoms with van der Waals surface area (Å²) in [7, 11) is 0. The Morgan fingerprint density at radius 1 is 1.33 bits per heavy atom. The molecule has 0 aromatic heterocycles. The van der Waals surface area contributed by atoms with Gasteiger partial charge < -0.3 is 14.2 Å². The van der Waals surface area contributed by atoms with Crippen molar-refractivity contribution >= 4 is 5.97 Å². The zero-order valence-electron chi connectivity index (χ0n) is 10.9. The van der Waals surface area contributed by atoms with Gasteiger partial charge in [-0.25, -0.2) is 4.79 Å². The van der Waals surface area contributed by atoms with Crippen molar-refractivity contribution in [2.24, 2.45) is 0 Å². The van der Waals surface area contributed by atoms with Crippen molar-refractivity contribution in [2.45, 2.75) is 25.6 Å². The van der Waals surface area contributed by atoms with Gasteiger partial charge in [-0.15, -0.1) is 0 Å². The zero-order valence-corrected chi connectivity index (χ0v) is 10.9. The fourth-order valence-electron chi connectivity index (χ4n) is 1.76. The van der Waals surface area contributed by atoms with Crippen molar-refractivity contribution in [2.75, 3.05) is 39.5 Å². The monoisotopic (exact) mass is 255 g/mol. The average molecular weight is 255 g/mol. The number of carbonyl (C=O) groups excluding carboxylic acids is 1. The Labute approximate surface area is 108 Å². The molecule has 0 saturated carbocycles. The van der Waals surface area contributed by atoms with Crippen LogP contribution in [0.5, 0.6) is 0 Å². The Kier molecular flexibility index (Phi) is 4.74. The molecule has 0 aliphatic carbocycles. The fourth-order valence-corrected chi connectivity index (χ4v) is 1.76. The molecule has 0 radical (unpaired) electrons. The first-order valence-electron chi connectivity index (χ1n) is 6.43. The Morgan fingerprint density at radius 2 is 1.89 bits per heavy atom. The van der Waals surface area contributed by atoms with Crippen LogP contribution < -0.4 is 0 Å². The number of ether oxygens (including phenoxy) is 3. The molecule has 0 aromatic carbocycles. The second-order valence-corrected chi connectivity index (χ2v) is 4.94. The zero-order chi connectivity index (χ0) is 13.0. The summed E-state index contributed by atoms with van der Waals surface area (Å²) in [5.41, 5.74) is 0.449. The Bertz CT molecular complexity index is 296. The van der Waals surface area contributed by atoms with Gasteiger partial charge in [0, 0.05) is 25.2 Å². The molecule has 0 N–H and O–H groups in total. The Morgan fingerprint density at radius 3 is 2.33 bits per heavy atom. The second kappa shape index (κ2) is 6.31. The van der Waals surface area contributed by atoms with Crippen LogP contribution in [0.4, 0.5) is 0 Å². The molecular weight excluding hydrogens is 234 g/mol. The van der Waals surface area contributed by atoms with E-state index in [0.717, 1.165) is 39.3 Å². The number of rotatable bonds is 9. The predicted molar refractivity (Wildman–Crippen MR) is 66.3 cm³/mol. The van der Waals surface area contributed by atoms with E-state index < -0.39 is 0 Å². The van der Waals surface area contributed by atoms with Crippen LogP contribution in [0, 0.1) is 0 Å². The van der Waals surface area contributed by atoms with Gasteiger partial charge in [-0.3, -0.25) is 4.90 Å². The van der Waals surface area contributed by atoms with Crippen molar-refractivity contribution in [3.8, 4) is 0 Å². The summed E-state index contributed by atoms with van der Waals surface area (Å²) in [6, 6.07) is 0. The van der Waals surface area contributed by atoms with Crippen LogP contribution in [0.25, 0.3) is 0 Å². The van der Waals surface area contributed by atoms with Crippen molar-refractivity contribution in [1.82, 2.24) is 4.90 Å². The topological polar surface area (TPSA) is 54.6 Å². The highest BCUT2D eigenvalue weighted by molar-refractivity contribution is 5.86. The quantitative estimate of drug-likeness (QED) is 0.261. The van der Waals surface area contributed by atoms with Gasteiger partial charge in [-0.2, -0.15) is 0 Å². The van der Waals surface area contributed by atoms with Crippen LogP contribution in [0.2, 0.25) is 0 Å². The molecule has 2 fully saturated rings. The van der Waals surface area contributed by atoms with Crippen molar-refractivity contribution in [3.05, 3.63) is 12.2 Å². The van der Waals surface area contributed by atoms with Crippen LogP contribution in [-0.2, 0) is 19.0 Å². The van der Waals surface area contributed by atoms with Gasteiger partial charge in [0.25, 0.3) is 0 Å². The van der Waals surface area contributed by atoms with Crippen molar-refractivity contribution in [1.29, 1.82) is 0 Å². The van der Waals surface area contributed by atoms with Crippen LogP contribution in [0.3, 0.4) is 0 Å². The van der Waals surface area contributed by atoms with Gasteiger partial charge in [0.1, 0.15) is 0 Å². The number of carbonyl (C=O) groups is 1. The Hall–Kier alpha value is -0.910. The van der Waals surface area contributed by atoms with E-state index in [0.29, 0.717) is 24.4 Å². The molecule has 2 rings (SSSR count). The molecule has 0 aromatic rings. The molecule has 0 amide bonds. The van der Waals surface area contributed by atoms with Gasteiger partial charge in [0.2, 0.25) is 0 Å². The maximum Gasteiger partial charge on any atom is 0.333 e. The molecule has 102 valence electrons. The lowest BCUT2D eigenvalue weighted by molar-refractivity contribution is -0.139. The molecule has 2 heterocycles. The number of hydrogen-bond donors (Lipinski definition) is 0. The summed E-state index contributed by atoms with van der Waals surface area (Å²) in [4.78, 5) is 13.5. The molecule has 5 nitrogen and oxygen atoms in total. The molecule has 2 saturated heterocycles. The molecule has 2 atom stereocenters. The summed E-state index contributed by atoms with van der Waals surface area (Å²) in [6.07, 6.45) is 1.61. The summed E-state index contributed by atoms with van der Waals surface area (Å²) < 4.78 is 15.5. The molecule has 2 aliphatic heterocycles. The number of hydrogen-bond acceptors (Lipinski definition) is 5. The summed E-state index contributed by atoms with van der Waals surface area (Å²) in [6.45, 7) is 10.2. The highest BCUT2D eigenvalue weighted by Crippen LogP contribution is 2.15. The standard InChI is InChI=1S/C13H21NO4/c1-10(2)13(15)16-5-3-4-14(6-11-8-17-11)7-12-9-18-12/h11-12H,1,3-9H2,2H3.